The minimum atomic E-state index is 0.764. The van der Waals surface area contributed by atoms with Gasteiger partial charge in [-0.1, -0.05) is 0 Å². The summed E-state index contributed by atoms with van der Waals surface area (Å²) in [5.41, 5.74) is 0.764. The highest BCUT2D eigenvalue weighted by atomic mass is 32.2. The van der Waals surface area contributed by atoms with Crippen LogP contribution in [-0.4, -0.2) is 11.2 Å². The van der Waals surface area contributed by atoms with Gasteiger partial charge >= 0.3 is 0 Å². The molecule has 0 unspecified atom stereocenters. The van der Waals surface area contributed by atoms with Gasteiger partial charge in [0.05, 0.1) is 9.77 Å². The zero-order chi connectivity index (χ0) is 9.26. The second-order valence-electron chi connectivity index (χ2n) is 2.45. The van der Waals surface area contributed by atoms with E-state index in [0.717, 1.165) is 19.9 Å². The molecule has 0 saturated heterocycles. The number of hydrogen-bond donors (Lipinski definition) is 0. The van der Waals surface area contributed by atoms with Crippen LogP contribution in [0.1, 0.15) is 5.56 Å². The Bertz CT molecular complexity index is 482. The molecule has 2 heterocycles. The van der Waals surface area contributed by atoms with Crippen LogP contribution < -0.4 is 0 Å². The first-order chi connectivity index (χ1) is 6.36. The number of rotatable bonds is 1. The zero-order valence-corrected chi connectivity index (χ0v) is 8.58. The van der Waals surface area contributed by atoms with Gasteiger partial charge in [0.15, 0.2) is 0 Å². The molecule has 0 saturated carbocycles. The number of pyridine rings is 1. The summed E-state index contributed by atoms with van der Waals surface area (Å²) in [5.74, 6) is 0. The summed E-state index contributed by atoms with van der Waals surface area (Å²) >= 11 is 3.26. The average molecular weight is 206 g/mol. The van der Waals surface area contributed by atoms with Crippen LogP contribution in [0, 0.1) is 11.3 Å². The average Bonchev–Trinajstić information content (AvgIpc) is 2.55. The van der Waals surface area contributed by atoms with Crippen LogP contribution in [-0.2, 0) is 0 Å². The van der Waals surface area contributed by atoms with Crippen LogP contribution in [0.4, 0.5) is 0 Å². The lowest BCUT2D eigenvalue weighted by Crippen LogP contribution is -1.73. The normalized spacial score (nSPS) is 10.2. The molecule has 13 heavy (non-hydrogen) atoms. The third kappa shape index (κ3) is 1.30. The molecule has 4 heteroatoms. The SMILES string of the molecule is CSc1sc2ccncc2c1C#N. The van der Waals surface area contributed by atoms with Gasteiger partial charge in [-0.3, -0.25) is 4.98 Å². The maximum atomic E-state index is 8.95. The second kappa shape index (κ2) is 3.36. The van der Waals surface area contributed by atoms with Gasteiger partial charge in [-0.15, -0.1) is 23.1 Å². The van der Waals surface area contributed by atoms with Gasteiger partial charge in [-0.2, -0.15) is 5.26 Å². The molecule has 2 aromatic heterocycles. The van der Waals surface area contributed by atoms with E-state index in [-0.39, 0.29) is 0 Å². The van der Waals surface area contributed by atoms with Gasteiger partial charge in [-0.25, -0.2) is 0 Å². The molecule has 0 aliphatic heterocycles. The van der Waals surface area contributed by atoms with Gasteiger partial charge in [0.2, 0.25) is 0 Å². The number of fused-ring (bicyclic) bond motifs is 1. The Balaban J connectivity index is 2.83. The third-order valence-electron chi connectivity index (χ3n) is 1.75. The van der Waals surface area contributed by atoms with Gasteiger partial charge in [0.1, 0.15) is 6.07 Å². The summed E-state index contributed by atoms with van der Waals surface area (Å²) in [4.78, 5) is 4.02. The van der Waals surface area contributed by atoms with E-state index in [1.165, 1.54) is 0 Å². The lowest BCUT2D eigenvalue weighted by Gasteiger charge is -1.87. The number of nitriles is 1. The zero-order valence-electron chi connectivity index (χ0n) is 6.94. The second-order valence-corrected chi connectivity index (χ2v) is 4.58. The van der Waals surface area contributed by atoms with Crippen LogP contribution in [0.5, 0.6) is 0 Å². The quantitative estimate of drug-likeness (QED) is 0.673. The van der Waals surface area contributed by atoms with Crippen molar-refractivity contribution in [3.05, 3.63) is 24.0 Å². The van der Waals surface area contributed by atoms with Crippen molar-refractivity contribution in [1.29, 1.82) is 5.26 Å². The highest BCUT2D eigenvalue weighted by Gasteiger charge is 2.09. The summed E-state index contributed by atoms with van der Waals surface area (Å²) in [6.45, 7) is 0. The van der Waals surface area contributed by atoms with E-state index < -0.39 is 0 Å². The summed E-state index contributed by atoms with van der Waals surface area (Å²) < 4.78 is 2.21. The van der Waals surface area contributed by atoms with Crippen LogP contribution in [0.15, 0.2) is 22.7 Å². The minimum absolute atomic E-state index is 0.764. The van der Waals surface area contributed by atoms with Gasteiger partial charge in [0, 0.05) is 22.5 Å². The van der Waals surface area contributed by atoms with E-state index in [4.69, 9.17) is 5.26 Å². The van der Waals surface area contributed by atoms with Crippen molar-refractivity contribution in [1.82, 2.24) is 4.98 Å². The van der Waals surface area contributed by atoms with Crippen molar-refractivity contribution in [2.75, 3.05) is 6.26 Å². The van der Waals surface area contributed by atoms with Crippen LogP contribution >= 0.6 is 23.1 Å². The molecule has 0 N–H and O–H groups in total. The van der Waals surface area contributed by atoms with E-state index in [1.54, 1.807) is 35.5 Å². The topological polar surface area (TPSA) is 36.7 Å². The Morgan fingerprint density at radius 3 is 3.15 bits per heavy atom. The summed E-state index contributed by atoms with van der Waals surface area (Å²) in [5, 5.41) is 9.92. The maximum Gasteiger partial charge on any atom is 0.102 e. The number of thiophene rings is 1. The van der Waals surface area contributed by atoms with E-state index in [1.807, 2.05) is 12.3 Å². The van der Waals surface area contributed by atoms with Crippen LogP contribution in [0.25, 0.3) is 10.1 Å². The number of nitrogens with zero attached hydrogens (tertiary/aromatic N) is 2. The van der Waals surface area contributed by atoms with Crippen LogP contribution in [0.3, 0.4) is 0 Å². The Morgan fingerprint density at radius 2 is 2.46 bits per heavy atom. The number of thioether (sulfide) groups is 1. The van der Waals surface area contributed by atoms with Crippen molar-refractivity contribution in [3.63, 3.8) is 0 Å². The first-order valence-electron chi connectivity index (χ1n) is 3.67. The fourth-order valence-corrected chi connectivity index (χ4v) is 2.98. The van der Waals surface area contributed by atoms with Gasteiger partial charge in [0.25, 0.3) is 0 Å². The fourth-order valence-electron chi connectivity index (χ4n) is 1.17. The molecule has 0 aliphatic rings. The van der Waals surface area contributed by atoms with E-state index >= 15 is 0 Å². The molecule has 2 nitrogen and oxygen atoms in total. The van der Waals surface area contributed by atoms with E-state index in [2.05, 4.69) is 11.1 Å². The lowest BCUT2D eigenvalue weighted by molar-refractivity contribution is 1.36. The Kier molecular flexibility index (Phi) is 2.21. The Labute approximate surface area is 84.2 Å². The summed E-state index contributed by atoms with van der Waals surface area (Å²) in [7, 11) is 0. The van der Waals surface area contributed by atoms with Crippen molar-refractivity contribution >= 4 is 33.2 Å². The van der Waals surface area contributed by atoms with Crippen molar-refractivity contribution in [2.45, 2.75) is 4.21 Å². The standard InChI is InChI=1S/C9H6N2S2/c1-12-9-6(4-10)7-5-11-3-2-8(7)13-9/h2-3,5H,1H3. The first kappa shape index (κ1) is 8.54. The van der Waals surface area contributed by atoms with E-state index in [9.17, 15) is 0 Å². The Morgan fingerprint density at radius 1 is 1.62 bits per heavy atom. The molecule has 0 radical (unpaired) electrons. The molecule has 0 atom stereocenters. The van der Waals surface area contributed by atoms with Crippen molar-refractivity contribution in [3.8, 4) is 6.07 Å². The smallest absolute Gasteiger partial charge is 0.102 e. The monoisotopic (exact) mass is 206 g/mol. The molecule has 2 aromatic rings. The van der Waals surface area contributed by atoms with Gasteiger partial charge < -0.3 is 0 Å². The summed E-state index contributed by atoms with van der Waals surface area (Å²) in [6.07, 6.45) is 5.49. The predicted molar refractivity (Wildman–Crippen MR) is 56.1 cm³/mol. The molecule has 2 rings (SSSR count). The third-order valence-corrected chi connectivity index (χ3v) is 4.04. The highest BCUT2D eigenvalue weighted by Crippen LogP contribution is 2.35. The van der Waals surface area contributed by atoms with Crippen LogP contribution in [0.2, 0.25) is 0 Å². The van der Waals surface area contributed by atoms with Gasteiger partial charge in [-0.05, 0) is 12.3 Å². The molecule has 0 amide bonds. The molecule has 0 spiro atoms. The first-order valence-corrected chi connectivity index (χ1v) is 5.71. The largest absolute Gasteiger partial charge is 0.264 e. The maximum absolute atomic E-state index is 8.95. The molecular weight excluding hydrogens is 200 g/mol. The highest BCUT2D eigenvalue weighted by molar-refractivity contribution is 8.00. The Hall–Kier alpha value is -1.05. The van der Waals surface area contributed by atoms with Crippen molar-refractivity contribution in [2.24, 2.45) is 0 Å². The lowest BCUT2D eigenvalue weighted by atomic mass is 10.2. The molecule has 64 valence electrons. The molecule has 0 aromatic carbocycles. The molecule has 0 aliphatic carbocycles. The van der Waals surface area contributed by atoms with E-state index in [0.29, 0.717) is 0 Å². The predicted octanol–water partition coefficient (Wildman–Crippen LogP) is 2.89. The fraction of sp³-hybridized carbons (Fsp3) is 0.111. The molecular formula is C9H6N2S2. The molecule has 0 bridgehead atoms. The van der Waals surface area contributed by atoms with Crippen molar-refractivity contribution < 1.29 is 0 Å². The summed E-state index contributed by atoms with van der Waals surface area (Å²) in [6, 6.07) is 4.16. The number of hydrogen-bond acceptors (Lipinski definition) is 4. The molecule has 0 fully saturated rings. The number of aromatic nitrogens is 1. The minimum Gasteiger partial charge on any atom is -0.264 e.